The Labute approximate surface area is 109 Å². The molecule has 5 nitrogen and oxygen atoms in total. The highest BCUT2D eigenvalue weighted by atomic mass is 16.5. The second kappa shape index (κ2) is 5.14. The fourth-order valence-electron chi connectivity index (χ4n) is 2.09. The summed E-state index contributed by atoms with van der Waals surface area (Å²) >= 11 is 0. The molecule has 0 amide bonds. The number of hydrogen-bond donors (Lipinski definition) is 1. The predicted octanol–water partition coefficient (Wildman–Crippen LogP) is 2.17. The molecule has 1 atom stereocenters. The first-order valence-electron chi connectivity index (χ1n) is 5.92. The molecule has 0 aliphatic carbocycles. The Kier molecular flexibility index (Phi) is 3.55. The van der Waals surface area contributed by atoms with Crippen LogP contribution in [0.2, 0.25) is 0 Å². The van der Waals surface area contributed by atoms with E-state index >= 15 is 0 Å². The van der Waals surface area contributed by atoms with Crippen LogP contribution >= 0.6 is 0 Å². The highest BCUT2D eigenvalue weighted by Crippen LogP contribution is 2.32. The van der Waals surface area contributed by atoms with Crippen LogP contribution in [-0.4, -0.2) is 18.2 Å². The molecule has 5 heteroatoms. The molecule has 0 spiro atoms. The van der Waals surface area contributed by atoms with Crippen LogP contribution in [0, 0.1) is 0 Å². The Morgan fingerprint density at radius 3 is 2.74 bits per heavy atom. The number of methoxy groups -OCH3 is 1. The SMILES string of the molecule is CCC(C(=O)OC)c1c(O)c2ccccc2oc1=O. The second-order valence-electron chi connectivity index (χ2n) is 4.13. The summed E-state index contributed by atoms with van der Waals surface area (Å²) in [6.07, 6.45) is 0.337. The number of hydrogen-bond acceptors (Lipinski definition) is 5. The van der Waals surface area contributed by atoms with Gasteiger partial charge in [0.25, 0.3) is 0 Å². The fraction of sp³-hybridized carbons (Fsp3) is 0.286. The number of para-hydroxylation sites is 1. The van der Waals surface area contributed by atoms with Gasteiger partial charge >= 0.3 is 11.6 Å². The van der Waals surface area contributed by atoms with Crippen LogP contribution in [0.3, 0.4) is 0 Å². The third kappa shape index (κ3) is 2.19. The lowest BCUT2D eigenvalue weighted by Crippen LogP contribution is -2.20. The third-order valence-corrected chi connectivity index (χ3v) is 3.06. The van der Waals surface area contributed by atoms with Crippen LogP contribution in [0.25, 0.3) is 11.0 Å². The number of carbonyl (C=O) groups is 1. The molecule has 0 radical (unpaired) electrons. The molecule has 0 fully saturated rings. The number of esters is 1. The molecule has 0 bridgehead atoms. The van der Waals surface area contributed by atoms with E-state index in [4.69, 9.17) is 4.42 Å². The second-order valence-corrected chi connectivity index (χ2v) is 4.13. The van der Waals surface area contributed by atoms with Crippen molar-refractivity contribution in [1.29, 1.82) is 0 Å². The zero-order valence-corrected chi connectivity index (χ0v) is 10.7. The van der Waals surface area contributed by atoms with Crippen LogP contribution in [-0.2, 0) is 9.53 Å². The largest absolute Gasteiger partial charge is 0.507 e. The van der Waals surface area contributed by atoms with Gasteiger partial charge in [-0.15, -0.1) is 0 Å². The molecular weight excluding hydrogens is 248 g/mol. The molecule has 1 heterocycles. The van der Waals surface area contributed by atoms with Gasteiger partial charge in [-0.3, -0.25) is 4.79 Å². The minimum Gasteiger partial charge on any atom is -0.507 e. The summed E-state index contributed by atoms with van der Waals surface area (Å²) < 4.78 is 9.78. The van der Waals surface area contributed by atoms with E-state index < -0.39 is 17.5 Å². The van der Waals surface area contributed by atoms with Crippen molar-refractivity contribution in [2.75, 3.05) is 7.11 Å². The molecule has 0 aliphatic rings. The molecule has 0 aliphatic heterocycles. The summed E-state index contributed by atoms with van der Waals surface area (Å²) in [4.78, 5) is 23.6. The van der Waals surface area contributed by atoms with E-state index in [9.17, 15) is 14.7 Å². The highest BCUT2D eigenvalue weighted by Gasteiger charge is 2.28. The first kappa shape index (κ1) is 13.1. The van der Waals surface area contributed by atoms with E-state index in [1.807, 2.05) is 0 Å². The predicted molar refractivity (Wildman–Crippen MR) is 69.2 cm³/mol. The Balaban J connectivity index is 2.72. The monoisotopic (exact) mass is 262 g/mol. The lowest BCUT2D eigenvalue weighted by Gasteiger charge is -2.13. The van der Waals surface area contributed by atoms with Crippen molar-refractivity contribution in [3.05, 3.63) is 40.2 Å². The summed E-state index contributed by atoms with van der Waals surface area (Å²) in [6.45, 7) is 1.73. The van der Waals surface area contributed by atoms with Gasteiger partial charge in [-0.2, -0.15) is 0 Å². The van der Waals surface area contributed by atoms with Gasteiger partial charge in [-0.25, -0.2) is 4.79 Å². The van der Waals surface area contributed by atoms with E-state index in [0.29, 0.717) is 11.8 Å². The maximum Gasteiger partial charge on any atom is 0.344 e. The number of carbonyl (C=O) groups excluding carboxylic acids is 1. The molecule has 1 aromatic carbocycles. The number of fused-ring (bicyclic) bond motifs is 1. The molecule has 0 saturated carbocycles. The molecule has 19 heavy (non-hydrogen) atoms. The van der Waals surface area contributed by atoms with E-state index in [-0.39, 0.29) is 16.9 Å². The van der Waals surface area contributed by atoms with Gasteiger partial charge in [0.15, 0.2) is 0 Å². The Hall–Kier alpha value is -2.30. The van der Waals surface area contributed by atoms with Gasteiger partial charge in [-0.1, -0.05) is 19.1 Å². The van der Waals surface area contributed by atoms with Crippen LogP contribution in [0.15, 0.2) is 33.5 Å². The van der Waals surface area contributed by atoms with Crippen molar-refractivity contribution in [1.82, 2.24) is 0 Å². The quantitative estimate of drug-likeness (QED) is 0.677. The van der Waals surface area contributed by atoms with E-state index in [1.54, 1.807) is 31.2 Å². The molecule has 1 unspecified atom stereocenters. The summed E-state index contributed by atoms with van der Waals surface area (Å²) in [5, 5.41) is 10.6. The summed E-state index contributed by atoms with van der Waals surface area (Å²) in [6, 6.07) is 6.62. The van der Waals surface area contributed by atoms with Crippen LogP contribution in [0.4, 0.5) is 0 Å². The van der Waals surface area contributed by atoms with Crippen LogP contribution in [0.1, 0.15) is 24.8 Å². The van der Waals surface area contributed by atoms with Gasteiger partial charge in [0, 0.05) is 0 Å². The van der Waals surface area contributed by atoms with Crippen LogP contribution in [0.5, 0.6) is 5.75 Å². The zero-order chi connectivity index (χ0) is 14.0. The lowest BCUT2D eigenvalue weighted by molar-refractivity contribution is -0.142. The fourth-order valence-corrected chi connectivity index (χ4v) is 2.09. The average Bonchev–Trinajstić information content (AvgIpc) is 2.42. The smallest absolute Gasteiger partial charge is 0.344 e. The normalized spacial score (nSPS) is 12.3. The summed E-state index contributed by atoms with van der Waals surface area (Å²) in [5.41, 5.74) is -0.477. The van der Waals surface area contributed by atoms with Crippen molar-refractivity contribution >= 4 is 16.9 Å². The van der Waals surface area contributed by atoms with Gasteiger partial charge in [0.2, 0.25) is 0 Å². The minimum absolute atomic E-state index is 0.0481. The number of rotatable bonds is 3. The molecule has 2 rings (SSSR count). The van der Waals surface area contributed by atoms with Gasteiger partial charge in [0.1, 0.15) is 11.3 Å². The minimum atomic E-state index is -0.828. The zero-order valence-electron chi connectivity index (χ0n) is 10.7. The lowest BCUT2D eigenvalue weighted by atomic mass is 9.96. The molecule has 0 saturated heterocycles. The number of ether oxygens (including phenoxy) is 1. The average molecular weight is 262 g/mol. The number of aromatic hydroxyl groups is 1. The molecule has 1 N–H and O–H groups in total. The topological polar surface area (TPSA) is 76.7 Å². The Morgan fingerprint density at radius 2 is 2.11 bits per heavy atom. The number of benzene rings is 1. The standard InChI is InChI=1S/C14H14O5/c1-3-8(13(16)18-2)11-12(15)9-6-4-5-7-10(9)19-14(11)17/h4-8,15H,3H2,1-2H3. The molecular formula is C14H14O5. The van der Waals surface area contributed by atoms with Crippen LogP contribution < -0.4 is 5.63 Å². The van der Waals surface area contributed by atoms with E-state index in [1.165, 1.54) is 7.11 Å². The summed E-state index contributed by atoms with van der Waals surface area (Å²) in [7, 11) is 1.24. The maximum atomic E-state index is 11.9. The van der Waals surface area contributed by atoms with Gasteiger partial charge < -0.3 is 14.3 Å². The summed E-state index contributed by atoms with van der Waals surface area (Å²) in [5.74, 6) is -1.62. The van der Waals surface area contributed by atoms with E-state index in [2.05, 4.69) is 4.74 Å². The Bertz CT molecular complexity index is 671. The maximum absolute atomic E-state index is 11.9. The van der Waals surface area contributed by atoms with Gasteiger partial charge in [0.05, 0.1) is 24.0 Å². The molecule has 1 aromatic heterocycles. The molecule has 2 aromatic rings. The first-order chi connectivity index (χ1) is 9.10. The molecule has 100 valence electrons. The van der Waals surface area contributed by atoms with Crippen molar-refractivity contribution < 1.29 is 19.1 Å². The van der Waals surface area contributed by atoms with E-state index in [0.717, 1.165) is 0 Å². The van der Waals surface area contributed by atoms with Crippen molar-refractivity contribution in [2.45, 2.75) is 19.3 Å². The van der Waals surface area contributed by atoms with Crippen molar-refractivity contribution in [2.24, 2.45) is 0 Å². The van der Waals surface area contributed by atoms with Crippen molar-refractivity contribution in [3.63, 3.8) is 0 Å². The first-order valence-corrected chi connectivity index (χ1v) is 5.92. The highest BCUT2D eigenvalue weighted by molar-refractivity contribution is 5.87. The third-order valence-electron chi connectivity index (χ3n) is 3.06. The Morgan fingerprint density at radius 1 is 1.42 bits per heavy atom. The van der Waals surface area contributed by atoms with Crippen molar-refractivity contribution in [3.8, 4) is 5.75 Å². The van der Waals surface area contributed by atoms with Gasteiger partial charge in [-0.05, 0) is 18.6 Å².